The van der Waals surface area contributed by atoms with Crippen molar-refractivity contribution in [3.63, 3.8) is 0 Å². The van der Waals surface area contributed by atoms with Crippen molar-refractivity contribution in [3.05, 3.63) is 101 Å². The quantitative estimate of drug-likeness (QED) is 0.192. The zero-order chi connectivity index (χ0) is 29.9. The first kappa shape index (κ1) is 28.9. The number of benzene rings is 4. The molecule has 7 nitrogen and oxygen atoms in total. The summed E-state index contributed by atoms with van der Waals surface area (Å²) in [6.45, 7) is 6.95. The molecule has 3 N–H and O–H groups in total. The van der Waals surface area contributed by atoms with E-state index in [2.05, 4.69) is 54.9 Å². The molecular formula is C34H34ClN3O4. The molecule has 0 unspecified atom stereocenters. The maximum atomic E-state index is 12.8. The maximum absolute atomic E-state index is 12.8. The third-order valence-electron chi connectivity index (χ3n) is 7.07. The van der Waals surface area contributed by atoms with Gasteiger partial charge in [0, 0.05) is 34.1 Å². The molecule has 0 aromatic heterocycles. The fourth-order valence-electron chi connectivity index (χ4n) is 5.40. The molecule has 0 fully saturated rings. The van der Waals surface area contributed by atoms with Gasteiger partial charge in [-0.25, -0.2) is 4.79 Å². The van der Waals surface area contributed by atoms with Gasteiger partial charge in [-0.05, 0) is 86.0 Å². The molecule has 216 valence electrons. The highest BCUT2D eigenvalue weighted by Gasteiger charge is 2.27. The molecule has 0 aliphatic carbocycles. The van der Waals surface area contributed by atoms with Gasteiger partial charge in [-0.1, -0.05) is 48.0 Å². The number of amides is 1. The molecule has 0 radical (unpaired) electrons. The summed E-state index contributed by atoms with van der Waals surface area (Å²) >= 11 is 5.97. The van der Waals surface area contributed by atoms with E-state index >= 15 is 0 Å². The van der Waals surface area contributed by atoms with Crippen LogP contribution in [0.1, 0.15) is 31.9 Å². The predicted octanol–water partition coefficient (Wildman–Crippen LogP) is 8.85. The highest BCUT2D eigenvalue weighted by molar-refractivity contribution is 6.30. The molecule has 0 bridgehead atoms. The second-order valence-electron chi connectivity index (χ2n) is 10.6. The molecule has 0 saturated carbocycles. The van der Waals surface area contributed by atoms with Crippen LogP contribution in [0.3, 0.4) is 0 Å². The van der Waals surface area contributed by atoms with Crippen LogP contribution in [0.25, 0.3) is 16.7 Å². The van der Waals surface area contributed by atoms with Gasteiger partial charge in [-0.2, -0.15) is 0 Å². The minimum absolute atomic E-state index is 0.186. The zero-order valence-electron chi connectivity index (χ0n) is 24.3. The van der Waals surface area contributed by atoms with Gasteiger partial charge in [0.15, 0.2) is 11.5 Å². The molecular weight excluding hydrogens is 550 g/mol. The summed E-state index contributed by atoms with van der Waals surface area (Å²) in [6, 6.07) is 24.3. The molecule has 42 heavy (non-hydrogen) atoms. The van der Waals surface area contributed by atoms with Gasteiger partial charge in [0.25, 0.3) is 0 Å². The monoisotopic (exact) mass is 583 g/mol. The Balaban J connectivity index is 1.55. The number of para-hydroxylation sites is 3. The maximum Gasteiger partial charge on any atom is 0.417 e. The molecule has 1 aliphatic rings. The summed E-state index contributed by atoms with van der Waals surface area (Å²) in [5.41, 5.74) is 7.41. The number of hydrogen-bond acceptors (Lipinski definition) is 6. The standard InChI is InChI=1S/C34H34ClN3O4/c1-21-19-34(2,3)38-28-18-17-24(26(31(21)28)20-36-27-10-6-7-11-29(27)40-4)25-9-8-12-30(32(25)41-5)42-33(39)37-23-15-13-22(35)14-16-23/h6-19,36,38H,20H2,1-5H3,(H,37,39). The van der Waals surface area contributed by atoms with Crippen molar-refractivity contribution in [1.82, 2.24) is 0 Å². The summed E-state index contributed by atoms with van der Waals surface area (Å²) in [5, 5.41) is 10.5. The molecule has 1 heterocycles. The molecule has 1 amide bonds. The SMILES string of the molecule is COc1ccccc1NCc1c(-c2cccc(OC(=O)Nc3ccc(Cl)cc3)c2OC)ccc2c1C(C)=CC(C)(C)N2. The van der Waals surface area contributed by atoms with Gasteiger partial charge in [-0.15, -0.1) is 0 Å². The van der Waals surface area contributed by atoms with Crippen LogP contribution in [0.5, 0.6) is 17.2 Å². The average Bonchev–Trinajstić information content (AvgIpc) is 2.96. The molecule has 8 heteroatoms. The van der Waals surface area contributed by atoms with E-state index in [-0.39, 0.29) is 5.54 Å². The Morgan fingerprint density at radius 3 is 2.36 bits per heavy atom. The normalized spacial score (nSPS) is 13.2. The second-order valence-corrected chi connectivity index (χ2v) is 11.0. The van der Waals surface area contributed by atoms with E-state index in [1.54, 1.807) is 44.6 Å². The van der Waals surface area contributed by atoms with E-state index in [9.17, 15) is 4.79 Å². The van der Waals surface area contributed by atoms with E-state index in [0.29, 0.717) is 28.8 Å². The third-order valence-corrected chi connectivity index (χ3v) is 7.32. The van der Waals surface area contributed by atoms with Crippen LogP contribution in [-0.4, -0.2) is 25.9 Å². The second kappa shape index (κ2) is 12.1. The molecule has 0 atom stereocenters. The van der Waals surface area contributed by atoms with Crippen LogP contribution in [0.4, 0.5) is 21.9 Å². The van der Waals surface area contributed by atoms with Crippen molar-refractivity contribution >= 4 is 40.3 Å². The van der Waals surface area contributed by atoms with Gasteiger partial charge in [0.1, 0.15) is 5.75 Å². The van der Waals surface area contributed by atoms with Crippen molar-refractivity contribution in [2.75, 3.05) is 30.2 Å². The largest absolute Gasteiger partial charge is 0.495 e. The van der Waals surface area contributed by atoms with Gasteiger partial charge in [0.05, 0.1) is 25.4 Å². The lowest BCUT2D eigenvalue weighted by Crippen LogP contribution is -2.32. The Labute approximate surface area is 251 Å². The number of hydrogen-bond donors (Lipinski definition) is 3. The van der Waals surface area contributed by atoms with Crippen molar-refractivity contribution in [3.8, 4) is 28.4 Å². The Bertz CT molecular complexity index is 1650. The van der Waals surface area contributed by atoms with Crippen LogP contribution >= 0.6 is 11.6 Å². The average molecular weight is 584 g/mol. The highest BCUT2D eigenvalue weighted by atomic mass is 35.5. The highest BCUT2D eigenvalue weighted by Crippen LogP contribution is 2.45. The first-order chi connectivity index (χ1) is 20.2. The minimum Gasteiger partial charge on any atom is -0.495 e. The summed E-state index contributed by atoms with van der Waals surface area (Å²) in [7, 11) is 3.23. The number of ether oxygens (including phenoxy) is 3. The van der Waals surface area contributed by atoms with E-state index in [4.69, 9.17) is 25.8 Å². The number of nitrogens with one attached hydrogen (secondary N) is 3. The molecule has 4 aromatic carbocycles. The van der Waals surface area contributed by atoms with Crippen LogP contribution in [0, 0.1) is 0 Å². The number of halogens is 1. The summed E-state index contributed by atoms with van der Waals surface area (Å²) in [4.78, 5) is 12.8. The lowest BCUT2D eigenvalue weighted by Gasteiger charge is -2.33. The number of carbonyl (C=O) groups excluding carboxylic acids is 1. The fourth-order valence-corrected chi connectivity index (χ4v) is 5.53. The van der Waals surface area contributed by atoms with Gasteiger partial charge >= 0.3 is 6.09 Å². The van der Waals surface area contributed by atoms with Crippen LogP contribution in [0.15, 0.2) is 84.9 Å². The summed E-state index contributed by atoms with van der Waals surface area (Å²) < 4.78 is 17.2. The lowest BCUT2D eigenvalue weighted by molar-refractivity contribution is 0.213. The first-order valence-electron chi connectivity index (χ1n) is 13.6. The Hall–Kier alpha value is -4.62. The van der Waals surface area contributed by atoms with Gasteiger partial charge in [-0.3, -0.25) is 5.32 Å². The van der Waals surface area contributed by atoms with Crippen LogP contribution in [0.2, 0.25) is 5.02 Å². The number of allylic oxidation sites excluding steroid dienone is 1. The Morgan fingerprint density at radius 1 is 0.881 bits per heavy atom. The third kappa shape index (κ3) is 6.16. The van der Waals surface area contributed by atoms with Crippen molar-refractivity contribution in [2.24, 2.45) is 0 Å². The summed E-state index contributed by atoms with van der Waals surface area (Å²) in [5.74, 6) is 1.51. The van der Waals surface area contributed by atoms with E-state index in [0.717, 1.165) is 39.4 Å². The number of carbonyl (C=O) groups is 1. The molecule has 5 rings (SSSR count). The number of anilines is 3. The Morgan fingerprint density at radius 2 is 1.62 bits per heavy atom. The first-order valence-corrected chi connectivity index (χ1v) is 14.0. The van der Waals surface area contributed by atoms with Crippen LogP contribution < -0.4 is 30.2 Å². The van der Waals surface area contributed by atoms with Crippen LogP contribution in [-0.2, 0) is 6.54 Å². The van der Waals surface area contributed by atoms with E-state index < -0.39 is 6.09 Å². The van der Waals surface area contributed by atoms with Gasteiger partial charge < -0.3 is 24.8 Å². The van der Waals surface area contributed by atoms with E-state index in [1.165, 1.54) is 5.57 Å². The molecule has 4 aromatic rings. The van der Waals surface area contributed by atoms with Crippen molar-refractivity contribution in [1.29, 1.82) is 0 Å². The summed E-state index contributed by atoms with van der Waals surface area (Å²) in [6.07, 6.45) is 1.60. The van der Waals surface area contributed by atoms with Crippen molar-refractivity contribution in [2.45, 2.75) is 32.9 Å². The molecule has 0 saturated heterocycles. The number of methoxy groups -OCH3 is 2. The Kier molecular flexibility index (Phi) is 8.31. The smallest absolute Gasteiger partial charge is 0.417 e. The van der Waals surface area contributed by atoms with E-state index in [1.807, 2.05) is 36.4 Å². The molecule has 1 aliphatic heterocycles. The molecule has 0 spiro atoms. The fraction of sp³-hybridized carbons (Fsp3) is 0.206. The predicted molar refractivity (Wildman–Crippen MR) is 171 cm³/mol. The number of fused-ring (bicyclic) bond motifs is 1. The van der Waals surface area contributed by atoms with Gasteiger partial charge in [0.2, 0.25) is 0 Å². The zero-order valence-corrected chi connectivity index (χ0v) is 25.1. The topological polar surface area (TPSA) is 80.9 Å². The lowest BCUT2D eigenvalue weighted by atomic mass is 9.85. The minimum atomic E-state index is -0.638. The number of rotatable bonds is 8. The van der Waals surface area contributed by atoms with Crippen molar-refractivity contribution < 1.29 is 19.0 Å².